The largest absolute Gasteiger partial charge is 0.497 e. The minimum absolute atomic E-state index is 0.0170. The molecule has 1 N–H and O–H groups in total. The summed E-state index contributed by atoms with van der Waals surface area (Å²) in [5, 5.41) is 12.1. The maximum Gasteiger partial charge on any atom is 0.277 e. The van der Waals surface area contributed by atoms with Gasteiger partial charge in [0.2, 0.25) is 5.89 Å². The molecule has 8 heteroatoms. The number of hydrogen-bond donors (Lipinski definition) is 1. The van der Waals surface area contributed by atoms with E-state index in [4.69, 9.17) is 20.8 Å². The molecule has 0 saturated heterocycles. The van der Waals surface area contributed by atoms with Crippen LogP contribution in [0.4, 0.5) is 5.69 Å². The quantitative estimate of drug-likeness (QED) is 0.454. The first-order chi connectivity index (χ1) is 12.6. The maximum absolute atomic E-state index is 12.2. The lowest BCUT2D eigenvalue weighted by Gasteiger charge is -2.03. The number of Topliss-reactive ketones (excluding diaryl/α,β-unsaturated/α-hetero) is 1. The van der Waals surface area contributed by atoms with Crippen LogP contribution in [0.25, 0.3) is 0 Å². The molecular weight excluding hydrogens is 374 g/mol. The van der Waals surface area contributed by atoms with Crippen LogP contribution in [0.15, 0.2) is 58.2 Å². The van der Waals surface area contributed by atoms with Crippen molar-refractivity contribution in [2.75, 3.05) is 18.2 Å². The molecule has 0 atom stereocenters. The van der Waals surface area contributed by atoms with Crippen molar-refractivity contribution in [3.05, 3.63) is 65.0 Å². The Morgan fingerprint density at radius 2 is 1.88 bits per heavy atom. The van der Waals surface area contributed by atoms with Crippen LogP contribution in [0, 0.1) is 0 Å². The minimum Gasteiger partial charge on any atom is -0.497 e. The van der Waals surface area contributed by atoms with Gasteiger partial charge in [0.25, 0.3) is 5.22 Å². The molecular formula is C18H16ClN3O3S. The third-order valence-corrected chi connectivity index (χ3v) is 4.55. The highest BCUT2D eigenvalue weighted by Crippen LogP contribution is 2.20. The predicted octanol–water partition coefficient (Wildman–Crippen LogP) is 4.32. The van der Waals surface area contributed by atoms with Crippen LogP contribution in [0.3, 0.4) is 0 Å². The summed E-state index contributed by atoms with van der Waals surface area (Å²) in [5.74, 6) is 1.36. The van der Waals surface area contributed by atoms with Crippen molar-refractivity contribution < 1.29 is 13.9 Å². The average molecular weight is 390 g/mol. The van der Waals surface area contributed by atoms with Crippen molar-refractivity contribution in [3.63, 3.8) is 0 Å². The molecule has 1 aromatic heterocycles. The lowest BCUT2D eigenvalue weighted by atomic mass is 10.1. The Labute approximate surface area is 159 Å². The zero-order chi connectivity index (χ0) is 18.4. The van der Waals surface area contributed by atoms with Gasteiger partial charge in [-0.25, -0.2) is 0 Å². The molecule has 6 nitrogen and oxygen atoms in total. The summed E-state index contributed by atoms with van der Waals surface area (Å²) in [7, 11) is 1.58. The van der Waals surface area contributed by atoms with Crippen molar-refractivity contribution in [2.24, 2.45) is 0 Å². The Morgan fingerprint density at radius 3 is 2.58 bits per heavy atom. The number of aromatic nitrogens is 2. The zero-order valence-electron chi connectivity index (χ0n) is 13.9. The standard InChI is InChI=1S/C18H16ClN3O3S/c1-24-15-8-2-12(3-9-15)16(23)11-26-18-22-21-17(25-18)10-20-14-6-4-13(19)5-7-14/h2-9,20H,10-11H2,1H3. The fraction of sp³-hybridized carbons (Fsp3) is 0.167. The summed E-state index contributed by atoms with van der Waals surface area (Å²) in [4.78, 5) is 12.2. The minimum atomic E-state index is -0.0170. The summed E-state index contributed by atoms with van der Waals surface area (Å²) >= 11 is 7.06. The van der Waals surface area contributed by atoms with E-state index in [1.165, 1.54) is 11.8 Å². The third-order valence-electron chi connectivity index (χ3n) is 3.47. The number of ketones is 1. The van der Waals surface area contributed by atoms with E-state index < -0.39 is 0 Å². The predicted molar refractivity (Wildman–Crippen MR) is 101 cm³/mol. The molecule has 0 radical (unpaired) electrons. The van der Waals surface area contributed by atoms with Crippen molar-refractivity contribution in [2.45, 2.75) is 11.8 Å². The smallest absolute Gasteiger partial charge is 0.277 e. The molecule has 0 spiro atoms. The first-order valence-corrected chi connectivity index (χ1v) is 9.12. The van der Waals surface area contributed by atoms with Crippen LogP contribution in [-0.2, 0) is 6.54 Å². The second-order valence-electron chi connectivity index (χ2n) is 5.26. The maximum atomic E-state index is 12.2. The number of nitrogens with zero attached hydrogens (tertiary/aromatic N) is 2. The fourth-order valence-electron chi connectivity index (χ4n) is 2.10. The van der Waals surface area contributed by atoms with Gasteiger partial charge in [0.15, 0.2) is 5.78 Å². The third kappa shape index (κ3) is 5.00. The summed E-state index contributed by atoms with van der Waals surface area (Å²) in [5.41, 5.74) is 1.51. The summed E-state index contributed by atoms with van der Waals surface area (Å²) in [6.45, 7) is 0.390. The number of nitrogens with one attached hydrogen (secondary N) is 1. The summed E-state index contributed by atoms with van der Waals surface area (Å²) in [6, 6.07) is 14.3. The number of anilines is 1. The molecule has 0 saturated carbocycles. The van der Waals surface area contributed by atoms with Gasteiger partial charge >= 0.3 is 0 Å². The summed E-state index contributed by atoms with van der Waals surface area (Å²) in [6.07, 6.45) is 0. The number of hydrogen-bond acceptors (Lipinski definition) is 7. The Kier molecular flexibility index (Phi) is 6.14. The molecule has 0 aliphatic carbocycles. The number of halogens is 1. The second kappa shape index (κ2) is 8.73. The van der Waals surface area contributed by atoms with E-state index in [1.54, 1.807) is 43.5 Å². The molecule has 0 unspecified atom stereocenters. The second-order valence-corrected chi connectivity index (χ2v) is 6.63. The van der Waals surface area contributed by atoms with E-state index in [1.807, 2.05) is 12.1 Å². The Bertz CT molecular complexity index is 866. The normalized spacial score (nSPS) is 10.5. The molecule has 0 bridgehead atoms. The van der Waals surface area contributed by atoms with Gasteiger partial charge in [0.05, 0.1) is 19.4 Å². The van der Waals surface area contributed by atoms with Gasteiger partial charge in [-0.2, -0.15) is 0 Å². The molecule has 3 aromatic rings. The van der Waals surface area contributed by atoms with E-state index in [0.29, 0.717) is 34.0 Å². The molecule has 26 heavy (non-hydrogen) atoms. The van der Waals surface area contributed by atoms with Crippen LogP contribution in [-0.4, -0.2) is 28.8 Å². The molecule has 0 aliphatic rings. The first kappa shape index (κ1) is 18.3. The molecule has 1 heterocycles. The van der Waals surface area contributed by atoms with E-state index >= 15 is 0 Å². The van der Waals surface area contributed by atoms with Gasteiger partial charge < -0.3 is 14.5 Å². The SMILES string of the molecule is COc1ccc(C(=O)CSc2nnc(CNc3ccc(Cl)cc3)o2)cc1. The van der Waals surface area contributed by atoms with Gasteiger partial charge in [-0.3, -0.25) is 4.79 Å². The van der Waals surface area contributed by atoms with E-state index in [2.05, 4.69) is 15.5 Å². The van der Waals surface area contributed by atoms with E-state index in [9.17, 15) is 4.79 Å². The Morgan fingerprint density at radius 1 is 1.15 bits per heavy atom. The number of ether oxygens (including phenoxy) is 1. The number of carbonyl (C=O) groups is 1. The van der Waals surface area contributed by atoms with Crippen LogP contribution in [0.5, 0.6) is 5.75 Å². The molecule has 134 valence electrons. The average Bonchev–Trinajstić information content (AvgIpc) is 3.13. The van der Waals surface area contributed by atoms with Crippen molar-refractivity contribution in [1.82, 2.24) is 10.2 Å². The van der Waals surface area contributed by atoms with Gasteiger partial charge in [-0.1, -0.05) is 23.4 Å². The van der Waals surface area contributed by atoms with Gasteiger partial charge in [-0.15, -0.1) is 10.2 Å². The number of methoxy groups -OCH3 is 1. The monoisotopic (exact) mass is 389 g/mol. The van der Waals surface area contributed by atoms with Gasteiger partial charge in [-0.05, 0) is 48.5 Å². The Hall–Kier alpha value is -2.51. The molecule has 0 fully saturated rings. The van der Waals surface area contributed by atoms with Crippen LogP contribution in [0.1, 0.15) is 16.2 Å². The van der Waals surface area contributed by atoms with Gasteiger partial charge in [0, 0.05) is 16.3 Å². The molecule has 3 rings (SSSR count). The number of carbonyl (C=O) groups excluding carboxylic acids is 1. The highest BCUT2D eigenvalue weighted by atomic mass is 35.5. The fourth-order valence-corrected chi connectivity index (χ4v) is 2.90. The molecule has 0 aliphatic heterocycles. The lowest BCUT2D eigenvalue weighted by Crippen LogP contribution is -2.02. The number of thioether (sulfide) groups is 1. The highest BCUT2D eigenvalue weighted by molar-refractivity contribution is 7.99. The topological polar surface area (TPSA) is 77.2 Å². The first-order valence-electron chi connectivity index (χ1n) is 7.76. The van der Waals surface area contributed by atoms with Crippen LogP contribution >= 0.6 is 23.4 Å². The van der Waals surface area contributed by atoms with Crippen LogP contribution < -0.4 is 10.1 Å². The van der Waals surface area contributed by atoms with Crippen molar-refractivity contribution in [1.29, 1.82) is 0 Å². The number of benzene rings is 2. The van der Waals surface area contributed by atoms with E-state index in [0.717, 1.165) is 5.69 Å². The number of rotatable bonds is 8. The lowest BCUT2D eigenvalue weighted by molar-refractivity contribution is 0.102. The van der Waals surface area contributed by atoms with E-state index in [-0.39, 0.29) is 11.5 Å². The molecule has 2 aromatic carbocycles. The Balaban J connectivity index is 1.49. The summed E-state index contributed by atoms with van der Waals surface area (Å²) < 4.78 is 10.6. The van der Waals surface area contributed by atoms with Crippen molar-refractivity contribution in [3.8, 4) is 5.75 Å². The van der Waals surface area contributed by atoms with Gasteiger partial charge in [0.1, 0.15) is 5.75 Å². The zero-order valence-corrected chi connectivity index (χ0v) is 15.5. The van der Waals surface area contributed by atoms with Crippen molar-refractivity contribution >= 4 is 34.8 Å². The highest BCUT2D eigenvalue weighted by Gasteiger charge is 2.11. The molecule has 0 amide bonds. The van der Waals surface area contributed by atoms with Crippen LogP contribution in [0.2, 0.25) is 5.02 Å².